The SMILES string of the molecule is Cc1cc(Cl)c2cc(F)c(F)c(F)c2n1. The van der Waals surface area contributed by atoms with Crippen LogP contribution in [0.3, 0.4) is 0 Å². The summed E-state index contributed by atoms with van der Waals surface area (Å²) in [6, 6.07) is 2.29. The van der Waals surface area contributed by atoms with Crippen molar-refractivity contribution in [3.05, 3.63) is 40.3 Å². The lowest BCUT2D eigenvalue weighted by atomic mass is 10.2. The van der Waals surface area contributed by atoms with Crippen molar-refractivity contribution in [2.24, 2.45) is 0 Å². The van der Waals surface area contributed by atoms with Crippen LogP contribution in [0.5, 0.6) is 0 Å². The van der Waals surface area contributed by atoms with Crippen LogP contribution in [-0.2, 0) is 0 Å². The molecule has 0 unspecified atom stereocenters. The van der Waals surface area contributed by atoms with Crippen LogP contribution in [0.1, 0.15) is 5.69 Å². The lowest BCUT2D eigenvalue weighted by molar-refractivity contribution is 0.452. The molecule has 0 saturated heterocycles. The molecule has 78 valence electrons. The zero-order valence-electron chi connectivity index (χ0n) is 7.61. The van der Waals surface area contributed by atoms with Crippen LogP contribution < -0.4 is 0 Å². The Morgan fingerprint density at radius 2 is 1.80 bits per heavy atom. The summed E-state index contributed by atoms with van der Waals surface area (Å²) >= 11 is 5.76. The molecule has 1 nitrogen and oxygen atoms in total. The van der Waals surface area contributed by atoms with E-state index in [2.05, 4.69) is 4.98 Å². The lowest BCUT2D eigenvalue weighted by Crippen LogP contribution is -1.96. The first kappa shape index (κ1) is 10.2. The maximum Gasteiger partial charge on any atom is 0.196 e. The molecule has 0 amide bonds. The summed E-state index contributed by atoms with van der Waals surface area (Å²) in [4.78, 5) is 3.77. The van der Waals surface area contributed by atoms with Crippen LogP contribution in [0.4, 0.5) is 13.2 Å². The van der Waals surface area contributed by atoms with Crippen molar-refractivity contribution in [1.82, 2.24) is 4.98 Å². The summed E-state index contributed by atoms with van der Waals surface area (Å²) < 4.78 is 39.1. The van der Waals surface area contributed by atoms with Crippen molar-refractivity contribution in [2.45, 2.75) is 6.92 Å². The third kappa shape index (κ3) is 1.55. The average molecular weight is 232 g/mol. The molecule has 1 aromatic heterocycles. The van der Waals surface area contributed by atoms with Gasteiger partial charge in [0.05, 0.1) is 5.02 Å². The molecular weight excluding hydrogens is 227 g/mol. The van der Waals surface area contributed by atoms with Crippen molar-refractivity contribution in [3.63, 3.8) is 0 Å². The third-order valence-electron chi connectivity index (χ3n) is 2.02. The van der Waals surface area contributed by atoms with Crippen LogP contribution in [0.25, 0.3) is 10.9 Å². The number of fused-ring (bicyclic) bond motifs is 1. The number of aryl methyl sites for hydroxylation is 1. The second-order valence-electron chi connectivity index (χ2n) is 3.13. The molecule has 2 aromatic rings. The number of pyridine rings is 1. The number of hydrogen-bond acceptors (Lipinski definition) is 1. The summed E-state index contributed by atoms with van der Waals surface area (Å²) in [6.45, 7) is 1.59. The van der Waals surface area contributed by atoms with Crippen molar-refractivity contribution in [3.8, 4) is 0 Å². The van der Waals surface area contributed by atoms with Crippen LogP contribution >= 0.6 is 11.6 Å². The predicted octanol–water partition coefficient (Wildman–Crippen LogP) is 3.61. The Bertz CT molecular complexity index is 554. The van der Waals surface area contributed by atoms with E-state index in [4.69, 9.17) is 11.6 Å². The van der Waals surface area contributed by atoms with Gasteiger partial charge in [-0.1, -0.05) is 11.6 Å². The third-order valence-corrected chi connectivity index (χ3v) is 2.33. The van der Waals surface area contributed by atoms with Crippen molar-refractivity contribution < 1.29 is 13.2 Å². The largest absolute Gasteiger partial charge is 0.250 e. The first-order valence-electron chi connectivity index (χ1n) is 4.11. The molecule has 0 saturated carbocycles. The number of halogens is 4. The Labute approximate surface area is 88.5 Å². The fourth-order valence-corrected chi connectivity index (χ4v) is 1.65. The molecule has 5 heteroatoms. The molecule has 0 fully saturated rings. The molecule has 2 rings (SSSR count). The van der Waals surface area contributed by atoms with Gasteiger partial charge in [-0.2, -0.15) is 0 Å². The van der Waals surface area contributed by atoms with Crippen molar-refractivity contribution >= 4 is 22.5 Å². The van der Waals surface area contributed by atoms with Gasteiger partial charge in [0.25, 0.3) is 0 Å². The summed E-state index contributed by atoms with van der Waals surface area (Å²) in [5.74, 6) is -4.11. The van der Waals surface area contributed by atoms with Gasteiger partial charge in [0.15, 0.2) is 17.5 Å². The molecule has 0 aliphatic carbocycles. The number of benzene rings is 1. The number of hydrogen-bond donors (Lipinski definition) is 0. The minimum absolute atomic E-state index is 0.0682. The maximum atomic E-state index is 13.3. The summed E-state index contributed by atoms with van der Waals surface area (Å²) in [5.41, 5.74) is 0.191. The van der Waals surface area contributed by atoms with Gasteiger partial charge in [-0.3, -0.25) is 0 Å². The van der Waals surface area contributed by atoms with E-state index in [-0.39, 0.29) is 15.9 Å². The molecule has 0 spiro atoms. The normalized spacial score (nSPS) is 11.0. The summed E-state index contributed by atoms with van der Waals surface area (Å²) in [6.07, 6.45) is 0. The smallest absolute Gasteiger partial charge is 0.196 e. The highest BCUT2D eigenvalue weighted by atomic mass is 35.5. The maximum absolute atomic E-state index is 13.3. The average Bonchev–Trinajstić information content (AvgIpc) is 2.17. The Morgan fingerprint density at radius 1 is 1.13 bits per heavy atom. The molecule has 1 heterocycles. The van der Waals surface area contributed by atoms with E-state index < -0.39 is 17.5 Å². The van der Waals surface area contributed by atoms with E-state index in [9.17, 15) is 13.2 Å². The highest BCUT2D eigenvalue weighted by molar-refractivity contribution is 6.35. The van der Waals surface area contributed by atoms with Gasteiger partial charge < -0.3 is 0 Å². The lowest BCUT2D eigenvalue weighted by Gasteiger charge is -2.04. The molecule has 0 aliphatic heterocycles. The fourth-order valence-electron chi connectivity index (χ4n) is 1.35. The molecule has 15 heavy (non-hydrogen) atoms. The zero-order valence-corrected chi connectivity index (χ0v) is 8.37. The predicted molar refractivity (Wildman–Crippen MR) is 51.4 cm³/mol. The molecule has 0 N–H and O–H groups in total. The van der Waals surface area contributed by atoms with Gasteiger partial charge in [0.2, 0.25) is 0 Å². The van der Waals surface area contributed by atoms with Gasteiger partial charge >= 0.3 is 0 Å². The summed E-state index contributed by atoms with van der Waals surface area (Å²) in [7, 11) is 0. The van der Waals surface area contributed by atoms with E-state index in [1.165, 1.54) is 6.07 Å². The first-order valence-corrected chi connectivity index (χ1v) is 4.49. The highest BCUT2D eigenvalue weighted by Crippen LogP contribution is 2.27. The Morgan fingerprint density at radius 3 is 2.47 bits per heavy atom. The number of rotatable bonds is 0. The Balaban J connectivity index is 2.98. The molecule has 1 aromatic carbocycles. The van der Waals surface area contributed by atoms with Gasteiger partial charge in [0, 0.05) is 11.1 Å². The molecule has 0 bridgehead atoms. The standard InChI is InChI=1S/C10H5ClF3N/c1-4-2-6(11)5-3-7(12)8(13)9(14)10(5)15-4/h2-3H,1H3. The van der Waals surface area contributed by atoms with Gasteiger partial charge in [0.1, 0.15) is 5.52 Å². The monoisotopic (exact) mass is 231 g/mol. The van der Waals surface area contributed by atoms with Crippen LogP contribution in [0.2, 0.25) is 5.02 Å². The first-order chi connectivity index (χ1) is 7.00. The van der Waals surface area contributed by atoms with Crippen LogP contribution in [0, 0.1) is 24.4 Å². The van der Waals surface area contributed by atoms with Gasteiger partial charge in [-0.15, -0.1) is 0 Å². The molecule has 0 atom stereocenters. The van der Waals surface area contributed by atoms with E-state index in [0.29, 0.717) is 5.69 Å². The Hall–Kier alpha value is -1.29. The number of nitrogens with zero attached hydrogens (tertiary/aromatic N) is 1. The van der Waals surface area contributed by atoms with Crippen LogP contribution in [-0.4, -0.2) is 4.98 Å². The molecule has 0 aliphatic rings. The summed E-state index contributed by atoms with van der Waals surface area (Å²) in [5, 5.41) is 0.217. The molecule has 0 radical (unpaired) electrons. The molecular formula is C10H5ClF3N. The Kier molecular flexibility index (Phi) is 2.31. The quantitative estimate of drug-likeness (QED) is 0.631. The second-order valence-corrected chi connectivity index (χ2v) is 3.54. The minimum atomic E-state index is -1.53. The van der Waals surface area contributed by atoms with E-state index in [1.807, 2.05) is 0 Å². The zero-order chi connectivity index (χ0) is 11.2. The topological polar surface area (TPSA) is 12.9 Å². The second kappa shape index (κ2) is 3.38. The van der Waals surface area contributed by atoms with Gasteiger partial charge in [-0.25, -0.2) is 18.2 Å². The van der Waals surface area contributed by atoms with E-state index in [0.717, 1.165) is 6.07 Å². The van der Waals surface area contributed by atoms with E-state index >= 15 is 0 Å². The highest BCUT2D eigenvalue weighted by Gasteiger charge is 2.16. The van der Waals surface area contributed by atoms with Gasteiger partial charge in [-0.05, 0) is 19.1 Å². The van der Waals surface area contributed by atoms with Crippen molar-refractivity contribution in [1.29, 1.82) is 0 Å². The number of aromatic nitrogens is 1. The van der Waals surface area contributed by atoms with E-state index in [1.54, 1.807) is 6.92 Å². The van der Waals surface area contributed by atoms with Crippen molar-refractivity contribution in [2.75, 3.05) is 0 Å². The minimum Gasteiger partial charge on any atom is -0.250 e. The van der Waals surface area contributed by atoms with Crippen LogP contribution in [0.15, 0.2) is 12.1 Å². The fraction of sp³-hybridized carbons (Fsp3) is 0.100.